The van der Waals surface area contributed by atoms with E-state index >= 15 is 0 Å². The number of likely N-dealkylation sites (tertiary alicyclic amines) is 1. The summed E-state index contributed by atoms with van der Waals surface area (Å²) in [6.45, 7) is 4.39. The molecule has 1 saturated heterocycles. The van der Waals surface area contributed by atoms with Crippen LogP contribution in [0.5, 0.6) is 11.5 Å². The highest BCUT2D eigenvalue weighted by Gasteiger charge is 2.29. The summed E-state index contributed by atoms with van der Waals surface area (Å²) in [6.07, 6.45) is 2.11. The summed E-state index contributed by atoms with van der Waals surface area (Å²) in [5.41, 5.74) is 2.02. The van der Waals surface area contributed by atoms with Gasteiger partial charge in [0, 0.05) is 11.4 Å². The standard InChI is InChI=1S/C24H26N2O4/c1-16(22-14-18-5-2-3-7-20(18)30-22)25-24(27)15-26-10-4-6-19(26)17-8-9-21-23(13-17)29-12-11-28-21/h2-3,5,7-9,13-14,16,19H,4,6,10-12,15H2,1H3,(H,25,27)/t16-,19+/m0/s1. The number of rotatable bonds is 5. The second kappa shape index (κ2) is 8.03. The van der Waals surface area contributed by atoms with E-state index in [1.54, 1.807) is 0 Å². The van der Waals surface area contributed by atoms with Gasteiger partial charge in [0.15, 0.2) is 11.5 Å². The van der Waals surface area contributed by atoms with Crippen molar-refractivity contribution >= 4 is 16.9 Å². The molecule has 5 rings (SSSR count). The van der Waals surface area contributed by atoms with Crippen LogP contribution in [0.3, 0.4) is 0 Å². The van der Waals surface area contributed by atoms with Crippen LogP contribution < -0.4 is 14.8 Å². The molecule has 1 N–H and O–H groups in total. The Balaban J connectivity index is 1.24. The summed E-state index contributed by atoms with van der Waals surface area (Å²) in [5, 5.41) is 4.13. The summed E-state index contributed by atoms with van der Waals surface area (Å²) in [4.78, 5) is 15.0. The van der Waals surface area contributed by atoms with Crippen molar-refractivity contribution in [3.63, 3.8) is 0 Å². The van der Waals surface area contributed by atoms with E-state index in [1.807, 2.05) is 43.3 Å². The van der Waals surface area contributed by atoms with Crippen molar-refractivity contribution in [1.29, 1.82) is 0 Å². The molecule has 156 valence electrons. The Morgan fingerprint density at radius 1 is 1.13 bits per heavy atom. The van der Waals surface area contributed by atoms with Crippen molar-refractivity contribution in [2.75, 3.05) is 26.3 Å². The van der Waals surface area contributed by atoms with Gasteiger partial charge >= 0.3 is 0 Å². The van der Waals surface area contributed by atoms with Crippen LogP contribution in [0.15, 0.2) is 52.9 Å². The zero-order valence-corrected chi connectivity index (χ0v) is 17.1. The van der Waals surface area contributed by atoms with Gasteiger partial charge in [0.25, 0.3) is 0 Å². The number of amides is 1. The topological polar surface area (TPSA) is 63.9 Å². The molecule has 3 aromatic rings. The van der Waals surface area contributed by atoms with E-state index in [0.29, 0.717) is 19.8 Å². The molecule has 2 atom stereocenters. The van der Waals surface area contributed by atoms with Gasteiger partial charge in [-0.15, -0.1) is 0 Å². The first-order valence-corrected chi connectivity index (χ1v) is 10.6. The van der Waals surface area contributed by atoms with Crippen molar-refractivity contribution in [1.82, 2.24) is 10.2 Å². The van der Waals surface area contributed by atoms with Crippen LogP contribution in [0.25, 0.3) is 11.0 Å². The van der Waals surface area contributed by atoms with Gasteiger partial charge in [-0.25, -0.2) is 0 Å². The molecule has 6 heteroatoms. The zero-order chi connectivity index (χ0) is 20.5. The molecule has 0 radical (unpaired) electrons. The molecule has 30 heavy (non-hydrogen) atoms. The summed E-state index contributed by atoms with van der Waals surface area (Å²) < 4.78 is 17.3. The van der Waals surface area contributed by atoms with Gasteiger partial charge in [-0.1, -0.05) is 24.3 Å². The maximum Gasteiger partial charge on any atom is 0.234 e. The highest BCUT2D eigenvalue weighted by atomic mass is 16.6. The van der Waals surface area contributed by atoms with Gasteiger partial charge in [-0.2, -0.15) is 0 Å². The minimum atomic E-state index is -0.180. The predicted molar refractivity (Wildman–Crippen MR) is 114 cm³/mol. The Bertz CT molecular complexity index is 1030. The first kappa shape index (κ1) is 19.0. The van der Waals surface area contributed by atoms with Gasteiger partial charge in [-0.3, -0.25) is 9.69 Å². The van der Waals surface area contributed by atoms with Gasteiger partial charge < -0.3 is 19.2 Å². The molecule has 0 spiro atoms. The molecular formula is C24H26N2O4. The smallest absolute Gasteiger partial charge is 0.234 e. The number of ether oxygens (including phenoxy) is 2. The number of para-hydroxylation sites is 1. The molecule has 0 unspecified atom stereocenters. The lowest BCUT2D eigenvalue weighted by molar-refractivity contribution is -0.123. The average Bonchev–Trinajstić information content (AvgIpc) is 3.40. The van der Waals surface area contributed by atoms with Crippen LogP contribution in [0, 0.1) is 0 Å². The van der Waals surface area contributed by atoms with E-state index in [-0.39, 0.29) is 18.0 Å². The SMILES string of the molecule is C[C@H](NC(=O)CN1CCC[C@@H]1c1ccc2c(c1)OCCO2)c1cc2ccccc2o1. The summed E-state index contributed by atoms with van der Waals surface area (Å²) in [7, 11) is 0. The number of benzene rings is 2. The van der Waals surface area contributed by atoms with Crippen LogP contribution in [0.2, 0.25) is 0 Å². The third-order valence-corrected chi connectivity index (χ3v) is 5.91. The Kier molecular flexibility index (Phi) is 5.09. The zero-order valence-electron chi connectivity index (χ0n) is 17.1. The number of hydrogen-bond acceptors (Lipinski definition) is 5. The van der Waals surface area contributed by atoms with Crippen molar-refractivity contribution in [2.45, 2.75) is 31.8 Å². The lowest BCUT2D eigenvalue weighted by Gasteiger charge is -2.26. The minimum absolute atomic E-state index is 0.00685. The van der Waals surface area contributed by atoms with Crippen LogP contribution in [-0.4, -0.2) is 37.1 Å². The van der Waals surface area contributed by atoms with E-state index in [4.69, 9.17) is 13.9 Å². The number of carbonyl (C=O) groups is 1. The van der Waals surface area contributed by atoms with Gasteiger partial charge in [0.1, 0.15) is 24.6 Å². The Morgan fingerprint density at radius 3 is 2.83 bits per heavy atom. The molecule has 1 aromatic heterocycles. The van der Waals surface area contributed by atoms with Crippen LogP contribution in [-0.2, 0) is 4.79 Å². The molecule has 2 aliphatic rings. The molecule has 2 aliphatic heterocycles. The second-order valence-electron chi connectivity index (χ2n) is 8.01. The molecule has 6 nitrogen and oxygen atoms in total. The first-order valence-electron chi connectivity index (χ1n) is 10.6. The first-order chi connectivity index (χ1) is 14.7. The average molecular weight is 406 g/mol. The second-order valence-corrected chi connectivity index (χ2v) is 8.01. The summed E-state index contributed by atoms with van der Waals surface area (Å²) in [6, 6.07) is 16.0. The Labute approximate surface area is 175 Å². The molecule has 3 heterocycles. The number of furan rings is 1. The Hall–Kier alpha value is -2.99. The van der Waals surface area contributed by atoms with Gasteiger partial charge in [-0.05, 0) is 56.1 Å². The van der Waals surface area contributed by atoms with Crippen LogP contribution in [0.1, 0.15) is 43.2 Å². The fraction of sp³-hybridized carbons (Fsp3) is 0.375. The molecule has 0 bridgehead atoms. The summed E-state index contributed by atoms with van der Waals surface area (Å²) in [5.74, 6) is 2.38. The molecule has 2 aromatic carbocycles. The highest BCUT2D eigenvalue weighted by molar-refractivity contribution is 5.80. The fourth-order valence-electron chi connectivity index (χ4n) is 4.42. The van der Waals surface area contributed by atoms with E-state index in [9.17, 15) is 4.79 Å². The maximum atomic E-state index is 12.8. The van der Waals surface area contributed by atoms with Crippen molar-refractivity contribution < 1.29 is 18.7 Å². The van der Waals surface area contributed by atoms with Gasteiger partial charge in [0.05, 0.1) is 12.6 Å². The normalized spacial score (nSPS) is 19.7. The fourth-order valence-corrected chi connectivity index (χ4v) is 4.42. The molecule has 1 fully saturated rings. The number of carbonyl (C=O) groups excluding carboxylic acids is 1. The number of nitrogens with one attached hydrogen (secondary N) is 1. The van der Waals surface area contributed by atoms with Crippen molar-refractivity contribution in [3.05, 3.63) is 59.9 Å². The van der Waals surface area contributed by atoms with E-state index in [2.05, 4.69) is 22.3 Å². The predicted octanol–water partition coefficient (Wildman–Crippen LogP) is 4.22. The molecule has 0 saturated carbocycles. The number of nitrogens with zero attached hydrogens (tertiary/aromatic N) is 1. The van der Waals surface area contributed by atoms with Crippen molar-refractivity contribution in [3.8, 4) is 11.5 Å². The molecule has 1 amide bonds. The van der Waals surface area contributed by atoms with Gasteiger partial charge in [0.2, 0.25) is 5.91 Å². The third kappa shape index (κ3) is 3.75. The van der Waals surface area contributed by atoms with Crippen molar-refractivity contribution in [2.24, 2.45) is 0 Å². The quantitative estimate of drug-likeness (QED) is 0.687. The summed E-state index contributed by atoms with van der Waals surface area (Å²) >= 11 is 0. The monoisotopic (exact) mass is 406 g/mol. The molecule has 0 aliphatic carbocycles. The number of hydrogen-bond donors (Lipinski definition) is 1. The minimum Gasteiger partial charge on any atom is -0.486 e. The third-order valence-electron chi connectivity index (χ3n) is 5.91. The lowest BCUT2D eigenvalue weighted by Crippen LogP contribution is -2.38. The Morgan fingerprint density at radius 2 is 1.97 bits per heavy atom. The number of fused-ring (bicyclic) bond motifs is 2. The maximum absolute atomic E-state index is 12.8. The van der Waals surface area contributed by atoms with E-state index in [0.717, 1.165) is 47.6 Å². The largest absolute Gasteiger partial charge is 0.486 e. The van der Waals surface area contributed by atoms with E-state index in [1.165, 1.54) is 5.56 Å². The van der Waals surface area contributed by atoms with Crippen LogP contribution >= 0.6 is 0 Å². The van der Waals surface area contributed by atoms with Crippen LogP contribution in [0.4, 0.5) is 0 Å². The molecular weight excluding hydrogens is 380 g/mol. The lowest BCUT2D eigenvalue weighted by atomic mass is 10.0. The van der Waals surface area contributed by atoms with E-state index < -0.39 is 0 Å². The highest BCUT2D eigenvalue weighted by Crippen LogP contribution is 2.38.